The molecule has 4 rings (SSSR count). The Morgan fingerprint density at radius 1 is 1.09 bits per heavy atom. The number of benzene rings is 1. The van der Waals surface area contributed by atoms with Gasteiger partial charge >= 0.3 is 0 Å². The number of rotatable bonds is 8. The molecular weight excluding hydrogens is 406 g/mol. The second-order valence-electron chi connectivity index (χ2n) is 7.73. The van der Waals surface area contributed by atoms with Crippen LogP contribution in [0.2, 0.25) is 0 Å². The van der Waals surface area contributed by atoms with Crippen molar-refractivity contribution in [2.75, 3.05) is 5.32 Å². The molecule has 166 valence electrons. The number of hydrogen-bond acceptors (Lipinski definition) is 5. The Morgan fingerprint density at radius 3 is 2.69 bits per heavy atom. The summed E-state index contributed by atoms with van der Waals surface area (Å²) in [6.07, 6.45) is 6.99. The van der Waals surface area contributed by atoms with Gasteiger partial charge in [-0.15, -0.1) is 0 Å². The van der Waals surface area contributed by atoms with Crippen molar-refractivity contribution in [3.05, 3.63) is 77.1 Å². The van der Waals surface area contributed by atoms with Crippen molar-refractivity contribution in [2.24, 2.45) is 0 Å². The number of aromatic nitrogens is 6. The summed E-state index contributed by atoms with van der Waals surface area (Å²) in [4.78, 5) is 12.6. The Bertz CT molecular complexity index is 1230. The van der Waals surface area contributed by atoms with E-state index in [4.69, 9.17) is 4.74 Å². The average molecular weight is 434 g/mol. The van der Waals surface area contributed by atoms with Gasteiger partial charge in [0, 0.05) is 30.2 Å². The maximum absolute atomic E-state index is 12.6. The third kappa shape index (κ3) is 4.72. The van der Waals surface area contributed by atoms with Gasteiger partial charge in [-0.1, -0.05) is 17.7 Å². The van der Waals surface area contributed by atoms with Crippen LogP contribution >= 0.6 is 0 Å². The van der Waals surface area contributed by atoms with Crippen LogP contribution in [0, 0.1) is 20.8 Å². The molecule has 0 spiro atoms. The van der Waals surface area contributed by atoms with E-state index in [-0.39, 0.29) is 12.6 Å². The molecule has 3 heterocycles. The third-order valence-corrected chi connectivity index (χ3v) is 5.28. The molecule has 0 bridgehead atoms. The molecule has 1 N–H and O–H groups in total. The van der Waals surface area contributed by atoms with Gasteiger partial charge in [0.1, 0.15) is 5.75 Å². The molecule has 32 heavy (non-hydrogen) atoms. The average Bonchev–Trinajstić information content (AvgIpc) is 3.49. The van der Waals surface area contributed by atoms with Gasteiger partial charge in [-0.25, -0.2) is 4.68 Å². The van der Waals surface area contributed by atoms with Crippen LogP contribution in [0.3, 0.4) is 0 Å². The Labute approximate surface area is 186 Å². The number of ether oxygens (including phenoxy) is 1. The summed E-state index contributed by atoms with van der Waals surface area (Å²) in [6, 6.07) is 7.66. The van der Waals surface area contributed by atoms with Crippen LogP contribution in [0.5, 0.6) is 5.75 Å². The number of hydrogen-bond donors (Lipinski definition) is 1. The normalized spacial score (nSPS) is 11.0. The van der Waals surface area contributed by atoms with Crippen LogP contribution in [0.25, 0.3) is 0 Å². The number of amides is 1. The van der Waals surface area contributed by atoms with E-state index in [1.165, 1.54) is 5.56 Å². The molecular formula is C23H27N7O2. The van der Waals surface area contributed by atoms with Crippen molar-refractivity contribution in [1.82, 2.24) is 29.3 Å². The molecule has 4 aromatic rings. The summed E-state index contributed by atoms with van der Waals surface area (Å²) < 4.78 is 11.1. The first-order valence-electron chi connectivity index (χ1n) is 10.5. The lowest BCUT2D eigenvalue weighted by Gasteiger charge is -2.09. The van der Waals surface area contributed by atoms with Crippen LogP contribution in [0.15, 0.2) is 49.1 Å². The molecule has 0 saturated heterocycles. The van der Waals surface area contributed by atoms with E-state index in [0.717, 1.165) is 29.1 Å². The minimum Gasteiger partial charge on any atom is -0.471 e. The summed E-state index contributed by atoms with van der Waals surface area (Å²) in [5.74, 6) is 0.494. The van der Waals surface area contributed by atoms with E-state index in [2.05, 4.69) is 33.6 Å². The topological polar surface area (TPSA) is 91.8 Å². The lowest BCUT2D eigenvalue weighted by atomic mass is 10.1. The monoisotopic (exact) mass is 433 g/mol. The highest BCUT2D eigenvalue weighted by Gasteiger charge is 2.12. The number of carbonyl (C=O) groups is 1. The highest BCUT2D eigenvalue weighted by atomic mass is 16.5. The molecule has 1 amide bonds. The number of carbonyl (C=O) groups excluding carboxylic acids is 1. The highest BCUT2D eigenvalue weighted by molar-refractivity contribution is 6.02. The zero-order valence-corrected chi connectivity index (χ0v) is 18.7. The zero-order chi connectivity index (χ0) is 22.7. The SMILES string of the molecule is CCn1ncc(Cn2cc(NC(=O)c3ccn(COc4ccc(C)cc4C)n3)cn2)c1C. The molecule has 1 aromatic carbocycles. The lowest BCUT2D eigenvalue weighted by molar-refractivity contribution is 0.102. The summed E-state index contributed by atoms with van der Waals surface area (Å²) in [7, 11) is 0. The fourth-order valence-electron chi connectivity index (χ4n) is 3.50. The van der Waals surface area contributed by atoms with Crippen molar-refractivity contribution in [3.63, 3.8) is 0 Å². The van der Waals surface area contributed by atoms with Crippen molar-refractivity contribution >= 4 is 11.6 Å². The maximum atomic E-state index is 12.6. The number of nitrogens with zero attached hydrogens (tertiary/aromatic N) is 6. The number of aryl methyl sites for hydroxylation is 3. The van der Waals surface area contributed by atoms with E-state index >= 15 is 0 Å². The van der Waals surface area contributed by atoms with Gasteiger partial charge in [0.2, 0.25) is 0 Å². The molecule has 0 radical (unpaired) electrons. The Hall–Kier alpha value is -3.88. The molecule has 0 aliphatic carbocycles. The third-order valence-electron chi connectivity index (χ3n) is 5.28. The number of nitrogens with one attached hydrogen (secondary N) is 1. The highest BCUT2D eigenvalue weighted by Crippen LogP contribution is 2.19. The molecule has 9 heteroatoms. The molecule has 0 atom stereocenters. The molecule has 0 saturated carbocycles. The second-order valence-corrected chi connectivity index (χ2v) is 7.73. The largest absolute Gasteiger partial charge is 0.471 e. The van der Waals surface area contributed by atoms with E-state index in [0.29, 0.717) is 17.9 Å². The first-order chi connectivity index (χ1) is 15.4. The Morgan fingerprint density at radius 2 is 1.94 bits per heavy atom. The lowest BCUT2D eigenvalue weighted by Crippen LogP contribution is -2.14. The Kier molecular flexibility index (Phi) is 6.07. The van der Waals surface area contributed by atoms with Crippen molar-refractivity contribution in [1.29, 1.82) is 0 Å². The summed E-state index contributed by atoms with van der Waals surface area (Å²) in [5.41, 5.74) is 5.36. The van der Waals surface area contributed by atoms with Gasteiger partial charge in [0.15, 0.2) is 12.4 Å². The Balaban J connectivity index is 1.34. The summed E-state index contributed by atoms with van der Waals surface area (Å²) >= 11 is 0. The standard InChI is InChI=1S/C23H27N7O2/c1-5-30-18(4)19(11-25-30)13-29-14-20(12-24-29)26-23(31)21-8-9-28(27-21)15-32-22-7-6-16(2)10-17(22)3/h6-12,14H,5,13,15H2,1-4H3,(H,26,31). The summed E-state index contributed by atoms with van der Waals surface area (Å²) in [5, 5.41) is 15.8. The van der Waals surface area contributed by atoms with E-state index < -0.39 is 0 Å². The van der Waals surface area contributed by atoms with Crippen LogP contribution in [0.4, 0.5) is 5.69 Å². The minimum absolute atomic E-state index is 0.222. The van der Waals surface area contributed by atoms with E-state index in [1.54, 1.807) is 34.0 Å². The molecule has 3 aromatic heterocycles. The van der Waals surface area contributed by atoms with Crippen molar-refractivity contribution in [2.45, 2.75) is 47.5 Å². The molecule has 0 aliphatic heterocycles. The number of anilines is 1. The predicted octanol–water partition coefficient (Wildman–Crippen LogP) is 3.56. The fourth-order valence-corrected chi connectivity index (χ4v) is 3.50. The van der Waals surface area contributed by atoms with Crippen molar-refractivity contribution in [3.8, 4) is 5.75 Å². The van der Waals surface area contributed by atoms with E-state index in [1.807, 2.05) is 43.8 Å². The van der Waals surface area contributed by atoms with Gasteiger partial charge in [0.25, 0.3) is 5.91 Å². The van der Waals surface area contributed by atoms with E-state index in [9.17, 15) is 4.79 Å². The van der Waals surface area contributed by atoms with Crippen molar-refractivity contribution < 1.29 is 9.53 Å². The molecule has 9 nitrogen and oxygen atoms in total. The second kappa shape index (κ2) is 9.09. The van der Waals surface area contributed by atoms with Gasteiger partial charge in [-0.05, 0) is 45.4 Å². The molecule has 0 aliphatic rings. The van der Waals surface area contributed by atoms with Gasteiger partial charge in [-0.3, -0.25) is 14.2 Å². The zero-order valence-electron chi connectivity index (χ0n) is 18.7. The molecule has 0 fully saturated rings. The van der Waals surface area contributed by atoms with Crippen LogP contribution in [0.1, 0.15) is 39.8 Å². The first kappa shape index (κ1) is 21.4. The van der Waals surface area contributed by atoms with Gasteiger partial charge in [0.05, 0.1) is 24.6 Å². The van der Waals surface area contributed by atoms with Crippen LogP contribution < -0.4 is 10.1 Å². The molecule has 0 unspecified atom stereocenters. The van der Waals surface area contributed by atoms with Gasteiger partial charge in [-0.2, -0.15) is 15.3 Å². The summed E-state index contributed by atoms with van der Waals surface area (Å²) in [6.45, 7) is 9.78. The van der Waals surface area contributed by atoms with Crippen LogP contribution in [-0.2, 0) is 19.8 Å². The smallest absolute Gasteiger partial charge is 0.276 e. The van der Waals surface area contributed by atoms with Crippen LogP contribution in [-0.4, -0.2) is 35.2 Å². The quantitative estimate of drug-likeness (QED) is 0.459. The first-order valence-corrected chi connectivity index (χ1v) is 10.5. The fraction of sp³-hybridized carbons (Fsp3) is 0.304. The maximum Gasteiger partial charge on any atom is 0.276 e. The van der Waals surface area contributed by atoms with Gasteiger partial charge < -0.3 is 10.1 Å². The predicted molar refractivity (Wildman–Crippen MR) is 121 cm³/mol. The minimum atomic E-state index is -0.301.